The minimum atomic E-state index is -1.06. The molecule has 1 amide bonds. The van der Waals surface area contributed by atoms with E-state index in [0.717, 1.165) is 44.3 Å². The van der Waals surface area contributed by atoms with Crippen molar-refractivity contribution in [1.82, 2.24) is 4.90 Å². The molecule has 0 bridgehead atoms. The number of aliphatic carboxylic acids is 1. The summed E-state index contributed by atoms with van der Waals surface area (Å²) in [5, 5.41) is 9.57. The molecule has 7 heteroatoms. The van der Waals surface area contributed by atoms with Crippen LogP contribution >= 0.6 is 0 Å². The Morgan fingerprint density at radius 2 is 1.18 bits per heavy atom. The summed E-state index contributed by atoms with van der Waals surface area (Å²) >= 11 is 0. The lowest BCUT2D eigenvalue weighted by Crippen LogP contribution is -2.36. The van der Waals surface area contributed by atoms with E-state index in [4.69, 9.17) is 4.74 Å². The topological polar surface area (TPSA) is 87.2 Å². The van der Waals surface area contributed by atoms with Crippen molar-refractivity contribution in [3.05, 3.63) is 65.7 Å². The van der Waals surface area contributed by atoms with Gasteiger partial charge in [-0.05, 0) is 36.6 Å². The lowest BCUT2D eigenvalue weighted by Gasteiger charge is -2.25. The number of esters is 1. The first-order valence-electron chi connectivity index (χ1n) is 17.5. The molecule has 0 saturated heterocycles. The van der Waals surface area contributed by atoms with Gasteiger partial charge in [-0.3, -0.25) is 14.4 Å². The van der Waals surface area contributed by atoms with Crippen molar-refractivity contribution >= 4 is 23.5 Å². The van der Waals surface area contributed by atoms with Crippen LogP contribution in [-0.4, -0.2) is 54.0 Å². The number of amides is 1. The van der Waals surface area contributed by atoms with Gasteiger partial charge in [0.15, 0.2) is 0 Å². The van der Waals surface area contributed by atoms with Crippen molar-refractivity contribution in [2.75, 3.05) is 31.1 Å². The van der Waals surface area contributed by atoms with Gasteiger partial charge in [-0.15, -0.1) is 0 Å². The van der Waals surface area contributed by atoms with Crippen LogP contribution in [0.25, 0.3) is 0 Å². The number of carbonyl (C=O) groups is 3. The smallest absolute Gasteiger partial charge is 0.325 e. The number of nitrogens with zero attached hydrogens (tertiary/aromatic N) is 2. The summed E-state index contributed by atoms with van der Waals surface area (Å²) in [6.07, 6.45) is 19.4. The summed E-state index contributed by atoms with van der Waals surface area (Å²) in [4.78, 5) is 41.6. The van der Waals surface area contributed by atoms with Crippen LogP contribution in [0.15, 0.2) is 54.6 Å². The lowest BCUT2D eigenvalue weighted by molar-refractivity contribution is -0.143. The molecule has 250 valence electrons. The second-order valence-electron chi connectivity index (χ2n) is 12.2. The van der Waals surface area contributed by atoms with Gasteiger partial charge in [0.05, 0.1) is 0 Å². The minimum absolute atomic E-state index is 0.0373. The number of carboxylic acids is 1. The fourth-order valence-corrected chi connectivity index (χ4v) is 5.55. The minimum Gasteiger partial charge on any atom is -0.480 e. The number of hydrogen-bond donors (Lipinski definition) is 1. The molecule has 0 aliphatic carbocycles. The fraction of sp³-hybridized carbons (Fsp3) is 0.605. The van der Waals surface area contributed by atoms with Crippen molar-refractivity contribution in [3.8, 4) is 0 Å². The Kier molecular flexibility index (Phi) is 20.1. The van der Waals surface area contributed by atoms with E-state index in [1.807, 2.05) is 35.2 Å². The summed E-state index contributed by atoms with van der Waals surface area (Å²) in [5.74, 6) is -1.62. The van der Waals surface area contributed by atoms with Crippen LogP contribution < -0.4 is 4.90 Å². The molecule has 0 atom stereocenters. The molecule has 0 radical (unpaired) electrons. The third-order valence-corrected chi connectivity index (χ3v) is 8.20. The zero-order valence-corrected chi connectivity index (χ0v) is 28.0. The van der Waals surface area contributed by atoms with Gasteiger partial charge < -0.3 is 19.6 Å². The second kappa shape index (κ2) is 24.0. The van der Waals surface area contributed by atoms with E-state index in [2.05, 4.69) is 13.8 Å². The Balaban J connectivity index is 2.02. The van der Waals surface area contributed by atoms with Crippen molar-refractivity contribution in [1.29, 1.82) is 0 Å². The third kappa shape index (κ3) is 17.1. The van der Waals surface area contributed by atoms with Crippen molar-refractivity contribution in [3.63, 3.8) is 0 Å². The maximum Gasteiger partial charge on any atom is 0.325 e. The van der Waals surface area contributed by atoms with Crippen molar-refractivity contribution in [2.24, 2.45) is 0 Å². The van der Waals surface area contributed by atoms with Gasteiger partial charge in [-0.1, -0.05) is 140 Å². The van der Waals surface area contributed by atoms with Crippen molar-refractivity contribution in [2.45, 2.75) is 123 Å². The monoisotopic (exact) mass is 622 g/mol. The molecule has 0 aliphatic rings. The van der Waals surface area contributed by atoms with E-state index in [9.17, 15) is 19.5 Å². The van der Waals surface area contributed by atoms with Gasteiger partial charge in [0, 0.05) is 24.3 Å². The molecule has 2 rings (SSSR count). The molecule has 0 aromatic heterocycles. The predicted octanol–water partition coefficient (Wildman–Crippen LogP) is 9.04. The summed E-state index contributed by atoms with van der Waals surface area (Å²) in [5.41, 5.74) is 1.88. The highest BCUT2D eigenvalue weighted by atomic mass is 16.5. The predicted molar refractivity (Wildman–Crippen MR) is 184 cm³/mol. The summed E-state index contributed by atoms with van der Waals surface area (Å²) in [6.45, 7) is 5.43. The van der Waals surface area contributed by atoms with Crippen LogP contribution in [0.3, 0.4) is 0 Å². The standard InChI is InChI=1S/C38H58N2O5/c1-3-5-7-9-11-13-15-20-27-39(28-21-16-14-12-10-8-6-4-2)38(44)34-25-22-26-35(29-34)40(30-36(41)42)31-37(43)45-32-33-23-18-17-19-24-33/h17-19,22-26,29H,3-16,20-21,27-28,30-32H2,1-2H3,(H,41,42). The molecule has 0 unspecified atom stereocenters. The highest BCUT2D eigenvalue weighted by Crippen LogP contribution is 2.20. The molecule has 0 heterocycles. The number of carboxylic acid groups (broad SMARTS) is 1. The zero-order chi connectivity index (χ0) is 32.5. The Hall–Kier alpha value is -3.35. The van der Waals surface area contributed by atoms with Crippen LogP contribution in [0.1, 0.15) is 133 Å². The number of carbonyl (C=O) groups excluding carboxylic acids is 2. The largest absolute Gasteiger partial charge is 0.480 e. The first kappa shape index (κ1) is 37.8. The number of ether oxygens (including phenoxy) is 1. The molecule has 45 heavy (non-hydrogen) atoms. The highest BCUT2D eigenvalue weighted by molar-refractivity contribution is 5.95. The van der Waals surface area contributed by atoms with Crippen LogP contribution in [0.4, 0.5) is 5.69 Å². The molecule has 1 N–H and O–H groups in total. The van der Waals surface area contributed by atoms with Gasteiger partial charge >= 0.3 is 11.9 Å². The number of unbranched alkanes of at least 4 members (excludes halogenated alkanes) is 14. The Labute approximate surface area is 272 Å². The molecule has 2 aromatic rings. The van der Waals surface area contributed by atoms with E-state index in [-0.39, 0.29) is 25.6 Å². The average molecular weight is 623 g/mol. The van der Waals surface area contributed by atoms with Gasteiger partial charge in [0.1, 0.15) is 19.7 Å². The number of benzene rings is 2. The van der Waals surface area contributed by atoms with Gasteiger partial charge in [0.2, 0.25) is 0 Å². The van der Waals surface area contributed by atoms with Crippen LogP contribution in [-0.2, 0) is 20.9 Å². The zero-order valence-electron chi connectivity index (χ0n) is 28.0. The van der Waals surface area contributed by atoms with Gasteiger partial charge in [0.25, 0.3) is 5.91 Å². The number of anilines is 1. The maximum absolute atomic E-state index is 13.8. The molecule has 7 nitrogen and oxygen atoms in total. The quantitative estimate of drug-likeness (QED) is 0.0832. The van der Waals surface area contributed by atoms with Gasteiger partial charge in [-0.2, -0.15) is 0 Å². The molecular formula is C38H58N2O5. The van der Waals surface area contributed by atoms with E-state index in [1.54, 1.807) is 24.3 Å². The molecule has 2 aromatic carbocycles. The van der Waals surface area contributed by atoms with E-state index in [1.165, 1.54) is 81.9 Å². The first-order chi connectivity index (χ1) is 21.9. The van der Waals surface area contributed by atoms with Crippen LogP contribution in [0, 0.1) is 0 Å². The Morgan fingerprint density at radius 1 is 0.644 bits per heavy atom. The normalized spacial score (nSPS) is 10.9. The van der Waals surface area contributed by atoms with E-state index in [0.29, 0.717) is 11.3 Å². The van der Waals surface area contributed by atoms with E-state index < -0.39 is 11.9 Å². The fourth-order valence-electron chi connectivity index (χ4n) is 5.55. The third-order valence-electron chi connectivity index (χ3n) is 8.20. The molecule has 0 spiro atoms. The number of hydrogen-bond acceptors (Lipinski definition) is 5. The average Bonchev–Trinajstić information content (AvgIpc) is 3.05. The van der Waals surface area contributed by atoms with Crippen molar-refractivity contribution < 1.29 is 24.2 Å². The molecule has 0 fully saturated rings. The first-order valence-corrected chi connectivity index (χ1v) is 17.5. The molecular weight excluding hydrogens is 564 g/mol. The Bertz CT molecular complexity index is 1070. The number of rotatable bonds is 26. The van der Waals surface area contributed by atoms with Crippen LogP contribution in [0.5, 0.6) is 0 Å². The van der Waals surface area contributed by atoms with E-state index >= 15 is 0 Å². The van der Waals surface area contributed by atoms with Crippen LogP contribution in [0.2, 0.25) is 0 Å². The summed E-state index contributed by atoms with van der Waals surface area (Å²) < 4.78 is 5.41. The van der Waals surface area contributed by atoms with Gasteiger partial charge in [-0.25, -0.2) is 0 Å². The summed E-state index contributed by atoms with van der Waals surface area (Å²) in [7, 11) is 0. The molecule has 0 saturated carbocycles. The molecule has 0 aliphatic heterocycles. The maximum atomic E-state index is 13.8. The lowest BCUT2D eigenvalue weighted by atomic mass is 10.1. The SMILES string of the molecule is CCCCCCCCCCN(CCCCCCCCCC)C(=O)c1cccc(N(CC(=O)O)CC(=O)OCc2ccccc2)c1. The second-order valence-corrected chi connectivity index (χ2v) is 12.2. The highest BCUT2D eigenvalue weighted by Gasteiger charge is 2.20. The Morgan fingerprint density at radius 3 is 1.71 bits per heavy atom. The summed E-state index contributed by atoms with van der Waals surface area (Å²) in [6, 6.07) is 16.4.